The predicted octanol–water partition coefficient (Wildman–Crippen LogP) is 3.79. The topological polar surface area (TPSA) is 61.8 Å². The van der Waals surface area contributed by atoms with E-state index in [2.05, 4.69) is 0 Å². The van der Waals surface area contributed by atoms with E-state index in [1.54, 1.807) is 37.5 Å². The van der Waals surface area contributed by atoms with E-state index in [-0.39, 0.29) is 16.5 Å². The first-order chi connectivity index (χ1) is 11.6. The minimum Gasteiger partial charge on any atom is -0.497 e. The van der Waals surface area contributed by atoms with E-state index < -0.39 is 5.97 Å². The largest absolute Gasteiger partial charge is 0.497 e. The van der Waals surface area contributed by atoms with Crippen LogP contribution in [0.2, 0.25) is 5.02 Å². The number of halogens is 1. The number of esters is 1. The molecule has 0 atom stereocenters. The Balaban J connectivity index is 2.14. The minimum atomic E-state index is -0.620. The van der Waals surface area contributed by atoms with Crippen LogP contribution < -0.4 is 14.2 Å². The van der Waals surface area contributed by atoms with Crippen molar-refractivity contribution < 1.29 is 23.8 Å². The number of methoxy groups -OCH3 is 2. The van der Waals surface area contributed by atoms with Crippen molar-refractivity contribution in [2.45, 2.75) is 0 Å². The van der Waals surface area contributed by atoms with Gasteiger partial charge in [-0.05, 0) is 35.9 Å². The molecule has 0 saturated heterocycles. The summed E-state index contributed by atoms with van der Waals surface area (Å²) < 4.78 is 15.4. The van der Waals surface area contributed by atoms with E-state index in [4.69, 9.17) is 25.8 Å². The van der Waals surface area contributed by atoms with Crippen molar-refractivity contribution in [3.8, 4) is 17.2 Å². The fourth-order valence-electron chi connectivity index (χ4n) is 1.92. The fourth-order valence-corrected chi connectivity index (χ4v) is 2.18. The number of hydrogen-bond donors (Lipinski definition) is 0. The van der Waals surface area contributed by atoms with E-state index >= 15 is 0 Å². The second-order valence-electron chi connectivity index (χ2n) is 4.68. The Morgan fingerprint density at radius 1 is 1.04 bits per heavy atom. The van der Waals surface area contributed by atoms with Gasteiger partial charge >= 0.3 is 5.97 Å². The van der Waals surface area contributed by atoms with Crippen LogP contribution in [-0.2, 0) is 4.79 Å². The number of rotatable bonds is 6. The van der Waals surface area contributed by atoms with Gasteiger partial charge in [0.15, 0.2) is 11.5 Å². The lowest BCUT2D eigenvalue weighted by Gasteiger charge is -2.10. The van der Waals surface area contributed by atoms with Crippen LogP contribution in [0.1, 0.15) is 15.9 Å². The molecule has 0 aliphatic carbocycles. The van der Waals surface area contributed by atoms with E-state index in [9.17, 15) is 9.59 Å². The Morgan fingerprint density at radius 3 is 2.33 bits per heavy atom. The van der Waals surface area contributed by atoms with Crippen molar-refractivity contribution in [2.24, 2.45) is 0 Å². The Hall–Kier alpha value is -2.79. The maximum atomic E-state index is 12.0. The van der Waals surface area contributed by atoms with Crippen LogP contribution in [-0.4, -0.2) is 26.5 Å². The van der Waals surface area contributed by atoms with Gasteiger partial charge in [0, 0.05) is 11.6 Å². The molecule has 2 aromatic carbocycles. The molecule has 5 nitrogen and oxygen atoms in total. The average Bonchev–Trinajstić information content (AvgIpc) is 2.61. The molecule has 0 radical (unpaired) electrons. The van der Waals surface area contributed by atoms with Crippen LogP contribution in [0, 0.1) is 0 Å². The first-order valence-electron chi connectivity index (χ1n) is 6.94. The van der Waals surface area contributed by atoms with Gasteiger partial charge in [-0.2, -0.15) is 0 Å². The second-order valence-corrected chi connectivity index (χ2v) is 5.09. The van der Waals surface area contributed by atoms with E-state index in [1.807, 2.05) is 0 Å². The molecule has 0 saturated carbocycles. The number of hydrogen-bond acceptors (Lipinski definition) is 5. The molecule has 2 aromatic rings. The number of carbonyl (C=O) groups excluding carboxylic acids is 2. The van der Waals surface area contributed by atoms with Gasteiger partial charge in [0.05, 0.1) is 19.2 Å². The summed E-state index contributed by atoms with van der Waals surface area (Å²) in [5.41, 5.74) is 1.13. The molecule has 24 heavy (non-hydrogen) atoms. The molecule has 0 fully saturated rings. The normalized spacial score (nSPS) is 10.5. The summed E-state index contributed by atoms with van der Waals surface area (Å²) >= 11 is 6.03. The molecule has 0 spiro atoms. The highest BCUT2D eigenvalue weighted by molar-refractivity contribution is 6.32. The molecule has 0 aliphatic heterocycles. The van der Waals surface area contributed by atoms with Gasteiger partial charge in [-0.1, -0.05) is 23.7 Å². The van der Waals surface area contributed by atoms with Gasteiger partial charge in [0.2, 0.25) is 0 Å². The highest BCUT2D eigenvalue weighted by Crippen LogP contribution is 2.36. The summed E-state index contributed by atoms with van der Waals surface area (Å²) in [5, 5.41) is 0.114. The van der Waals surface area contributed by atoms with Crippen LogP contribution in [0.25, 0.3) is 6.08 Å². The summed E-state index contributed by atoms with van der Waals surface area (Å²) in [7, 11) is 2.97. The van der Waals surface area contributed by atoms with Crippen molar-refractivity contribution in [3.63, 3.8) is 0 Å². The second kappa shape index (κ2) is 8.17. The molecule has 0 aliphatic rings. The van der Waals surface area contributed by atoms with Crippen molar-refractivity contribution in [3.05, 3.63) is 58.6 Å². The van der Waals surface area contributed by atoms with Crippen molar-refractivity contribution >= 4 is 29.9 Å². The Labute approximate surface area is 144 Å². The molecule has 0 heterocycles. The zero-order valence-corrected chi connectivity index (χ0v) is 13.9. The first kappa shape index (κ1) is 17.6. The minimum absolute atomic E-state index is 0.0640. The third-order valence-electron chi connectivity index (χ3n) is 3.12. The zero-order valence-electron chi connectivity index (χ0n) is 13.1. The SMILES string of the molecule is COc1ccc(/C=C/C(=O)Oc2c(Cl)cc(C=O)cc2OC)cc1. The summed E-state index contributed by atoms with van der Waals surface area (Å²) in [5.74, 6) is 0.372. The maximum absolute atomic E-state index is 12.0. The van der Waals surface area contributed by atoms with E-state index in [0.29, 0.717) is 11.8 Å². The average molecular weight is 347 g/mol. The smallest absolute Gasteiger partial charge is 0.336 e. The molecule has 0 amide bonds. The quantitative estimate of drug-likeness (QED) is 0.344. The molecule has 124 valence electrons. The van der Waals surface area contributed by atoms with Crippen LogP contribution >= 0.6 is 11.6 Å². The molecule has 0 unspecified atom stereocenters. The van der Waals surface area contributed by atoms with Gasteiger partial charge in [0.25, 0.3) is 0 Å². The lowest BCUT2D eigenvalue weighted by atomic mass is 10.2. The molecule has 0 aromatic heterocycles. The Morgan fingerprint density at radius 2 is 1.75 bits per heavy atom. The summed E-state index contributed by atoms with van der Waals surface area (Å²) in [6.07, 6.45) is 3.50. The van der Waals surface area contributed by atoms with Crippen molar-refractivity contribution in [1.82, 2.24) is 0 Å². The third-order valence-corrected chi connectivity index (χ3v) is 3.40. The Kier molecular flexibility index (Phi) is 5.98. The molecular weight excluding hydrogens is 332 g/mol. The molecule has 0 N–H and O–H groups in total. The van der Waals surface area contributed by atoms with Gasteiger partial charge < -0.3 is 14.2 Å². The highest BCUT2D eigenvalue weighted by atomic mass is 35.5. The molecule has 6 heteroatoms. The van der Waals surface area contributed by atoms with Crippen LogP contribution in [0.5, 0.6) is 17.2 Å². The van der Waals surface area contributed by atoms with Crippen LogP contribution in [0.4, 0.5) is 0 Å². The summed E-state index contributed by atoms with van der Waals surface area (Å²) in [6.45, 7) is 0. The fraction of sp³-hybridized carbons (Fsp3) is 0.111. The van der Waals surface area contributed by atoms with Gasteiger partial charge in [0.1, 0.15) is 12.0 Å². The van der Waals surface area contributed by atoms with Crippen LogP contribution in [0.15, 0.2) is 42.5 Å². The number of benzene rings is 2. The molecular formula is C18H15ClO5. The van der Waals surface area contributed by atoms with Crippen molar-refractivity contribution in [1.29, 1.82) is 0 Å². The standard InChI is InChI=1S/C18H15ClO5/c1-22-14-6-3-12(4-7-14)5-8-17(21)24-18-15(19)9-13(11-20)10-16(18)23-2/h3-11H,1-2H3/b8-5+. The zero-order chi connectivity index (χ0) is 17.5. The van der Waals surface area contributed by atoms with Gasteiger partial charge in [-0.15, -0.1) is 0 Å². The van der Waals surface area contributed by atoms with E-state index in [1.165, 1.54) is 25.3 Å². The number of ether oxygens (including phenoxy) is 3. The Bertz CT molecular complexity index is 766. The lowest BCUT2D eigenvalue weighted by molar-refractivity contribution is -0.129. The third kappa shape index (κ3) is 4.36. The monoisotopic (exact) mass is 346 g/mol. The number of carbonyl (C=O) groups is 2. The van der Waals surface area contributed by atoms with Gasteiger partial charge in [-0.25, -0.2) is 4.79 Å². The first-order valence-corrected chi connectivity index (χ1v) is 7.32. The summed E-state index contributed by atoms with van der Waals surface area (Å²) in [6, 6.07) is 10.00. The lowest BCUT2D eigenvalue weighted by Crippen LogP contribution is -2.06. The summed E-state index contributed by atoms with van der Waals surface area (Å²) in [4.78, 5) is 22.8. The van der Waals surface area contributed by atoms with Crippen LogP contribution in [0.3, 0.4) is 0 Å². The van der Waals surface area contributed by atoms with E-state index in [0.717, 1.165) is 11.3 Å². The molecule has 2 rings (SSSR count). The highest BCUT2D eigenvalue weighted by Gasteiger charge is 2.14. The maximum Gasteiger partial charge on any atom is 0.336 e. The molecule has 0 bridgehead atoms. The van der Waals surface area contributed by atoms with Crippen molar-refractivity contribution in [2.75, 3.05) is 14.2 Å². The number of aldehydes is 1. The predicted molar refractivity (Wildman–Crippen MR) is 91.1 cm³/mol. The van der Waals surface area contributed by atoms with Gasteiger partial charge in [-0.3, -0.25) is 4.79 Å².